The SMILES string of the molecule is Cc1ncc(C(=O)N2CCO[C@H](c3cccc(Nc4nc(C)c(C)s4)n3)C2)c(C)n1. The minimum atomic E-state index is -0.295. The normalized spacial score (nSPS) is 16.5. The van der Waals surface area contributed by atoms with Crippen LogP contribution in [0.2, 0.25) is 0 Å². The summed E-state index contributed by atoms with van der Waals surface area (Å²) in [5.41, 5.74) is 3.01. The van der Waals surface area contributed by atoms with Crippen molar-refractivity contribution in [1.29, 1.82) is 0 Å². The lowest BCUT2D eigenvalue weighted by Crippen LogP contribution is -2.42. The summed E-state index contributed by atoms with van der Waals surface area (Å²) in [4.78, 5) is 33.6. The van der Waals surface area contributed by atoms with Crippen LogP contribution in [-0.4, -0.2) is 50.4 Å². The molecule has 1 aliphatic heterocycles. The van der Waals surface area contributed by atoms with Crippen LogP contribution in [0.3, 0.4) is 0 Å². The van der Waals surface area contributed by atoms with Gasteiger partial charge in [-0.1, -0.05) is 6.07 Å². The van der Waals surface area contributed by atoms with Gasteiger partial charge in [0.15, 0.2) is 5.13 Å². The second kappa shape index (κ2) is 8.45. The van der Waals surface area contributed by atoms with E-state index in [1.54, 1.807) is 22.4 Å². The molecule has 1 fully saturated rings. The van der Waals surface area contributed by atoms with Gasteiger partial charge in [-0.05, 0) is 39.8 Å². The van der Waals surface area contributed by atoms with E-state index in [9.17, 15) is 4.79 Å². The van der Waals surface area contributed by atoms with Crippen LogP contribution in [0.1, 0.15) is 44.2 Å². The number of aromatic nitrogens is 4. The first-order chi connectivity index (χ1) is 14.4. The zero-order chi connectivity index (χ0) is 21.3. The van der Waals surface area contributed by atoms with Crippen LogP contribution < -0.4 is 5.32 Å². The third kappa shape index (κ3) is 4.31. The van der Waals surface area contributed by atoms with Crippen LogP contribution in [0.5, 0.6) is 0 Å². The maximum atomic E-state index is 13.0. The molecule has 9 heteroatoms. The van der Waals surface area contributed by atoms with Gasteiger partial charge in [0.05, 0.1) is 35.8 Å². The van der Waals surface area contributed by atoms with Gasteiger partial charge < -0.3 is 15.0 Å². The third-order valence-electron chi connectivity index (χ3n) is 5.05. The molecule has 3 aromatic heterocycles. The van der Waals surface area contributed by atoms with Crippen molar-refractivity contribution in [2.75, 3.05) is 25.0 Å². The highest BCUT2D eigenvalue weighted by Gasteiger charge is 2.28. The largest absolute Gasteiger partial charge is 0.368 e. The molecule has 0 unspecified atom stereocenters. The van der Waals surface area contributed by atoms with Crippen LogP contribution in [0.25, 0.3) is 0 Å². The average Bonchev–Trinajstić information content (AvgIpc) is 3.04. The molecule has 1 atom stereocenters. The topological polar surface area (TPSA) is 93.1 Å². The minimum absolute atomic E-state index is 0.0798. The first kappa shape index (κ1) is 20.4. The Hall–Kier alpha value is -2.91. The predicted octanol–water partition coefficient (Wildman–Crippen LogP) is 3.52. The Labute approximate surface area is 179 Å². The molecular formula is C21H24N6O2S. The third-order valence-corrected chi connectivity index (χ3v) is 6.04. The molecule has 0 radical (unpaired) electrons. The van der Waals surface area contributed by atoms with Gasteiger partial charge in [0.1, 0.15) is 17.7 Å². The van der Waals surface area contributed by atoms with Gasteiger partial charge in [0.25, 0.3) is 5.91 Å². The Kier molecular flexibility index (Phi) is 5.74. The summed E-state index contributed by atoms with van der Waals surface area (Å²) in [6, 6.07) is 5.75. The van der Waals surface area contributed by atoms with Crippen molar-refractivity contribution in [1.82, 2.24) is 24.8 Å². The molecule has 156 valence electrons. The molecule has 0 spiro atoms. The van der Waals surface area contributed by atoms with E-state index in [-0.39, 0.29) is 12.0 Å². The quantitative estimate of drug-likeness (QED) is 0.685. The molecular weight excluding hydrogens is 400 g/mol. The van der Waals surface area contributed by atoms with Gasteiger partial charge in [-0.3, -0.25) is 4.79 Å². The van der Waals surface area contributed by atoms with Crippen molar-refractivity contribution in [3.8, 4) is 0 Å². The molecule has 0 aliphatic carbocycles. The smallest absolute Gasteiger partial charge is 0.257 e. The molecule has 0 bridgehead atoms. The van der Waals surface area contributed by atoms with Crippen LogP contribution in [0, 0.1) is 27.7 Å². The molecule has 1 N–H and O–H groups in total. The monoisotopic (exact) mass is 424 g/mol. The van der Waals surface area contributed by atoms with Gasteiger partial charge in [-0.15, -0.1) is 11.3 Å². The highest BCUT2D eigenvalue weighted by Crippen LogP contribution is 2.27. The maximum Gasteiger partial charge on any atom is 0.257 e. The van der Waals surface area contributed by atoms with E-state index in [1.807, 2.05) is 45.9 Å². The second-order valence-electron chi connectivity index (χ2n) is 7.26. The fourth-order valence-corrected chi connectivity index (χ4v) is 4.13. The number of hydrogen-bond acceptors (Lipinski definition) is 8. The summed E-state index contributed by atoms with van der Waals surface area (Å²) in [6.45, 7) is 9.09. The highest BCUT2D eigenvalue weighted by molar-refractivity contribution is 7.15. The number of carbonyl (C=O) groups is 1. The molecule has 3 aromatic rings. The maximum absolute atomic E-state index is 13.0. The van der Waals surface area contributed by atoms with Gasteiger partial charge in [0, 0.05) is 17.6 Å². The van der Waals surface area contributed by atoms with Crippen LogP contribution in [-0.2, 0) is 4.74 Å². The molecule has 30 heavy (non-hydrogen) atoms. The molecule has 0 saturated carbocycles. The van der Waals surface area contributed by atoms with E-state index >= 15 is 0 Å². The average molecular weight is 425 g/mol. The van der Waals surface area contributed by atoms with Crippen molar-refractivity contribution in [3.63, 3.8) is 0 Å². The fourth-order valence-electron chi connectivity index (χ4n) is 3.31. The number of rotatable bonds is 4. The fraction of sp³-hybridized carbons (Fsp3) is 0.381. The number of morpholine rings is 1. The van der Waals surface area contributed by atoms with Crippen molar-refractivity contribution >= 4 is 28.2 Å². The minimum Gasteiger partial charge on any atom is -0.368 e. The first-order valence-electron chi connectivity index (χ1n) is 9.80. The molecule has 4 rings (SSSR count). The predicted molar refractivity (Wildman–Crippen MR) is 115 cm³/mol. The molecule has 0 aromatic carbocycles. The molecule has 4 heterocycles. The van der Waals surface area contributed by atoms with E-state index in [2.05, 4.69) is 20.3 Å². The first-order valence-corrected chi connectivity index (χ1v) is 10.6. The van der Waals surface area contributed by atoms with E-state index in [1.165, 1.54) is 4.88 Å². The van der Waals surface area contributed by atoms with E-state index < -0.39 is 0 Å². The van der Waals surface area contributed by atoms with Crippen LogP contribution in [0.15, 0.2) is 24.4 Å². The van der Waals surface area contributed by atoms with E-state index in [4.69, 9.17) is 9.72 Å². The van der Waals surface area contributed by atoms with Gasteiger partial charge >= 0.3 is 0 Å². The summed E-state index contributed by atoms with van der Waals surface area (Å²) in [5.74, 6) is 1.28. The van der Waals surface area contributed by atoms with Crippen LogP contribution in [0.4, 0.5) is 10.9 Å². The number of hydrogen-bond donors (Lipinski definition) is 1. The van der Waals surface area contributed by atoms with Gasteiger partial charge in [-0.25, -0.2) is 19.9 Å². The zero-order valence-corrected chi connectivity index (χ0v) is 18.3. The summed E-state index contributed by atoms with van der Waals surface area (Å²) in [6.07, 6.45) is 1.31. The van der Waals surface area contributed by atoms with Crippen molar-refractivity contribution in [3.05, 3.63) is 57.7 Å². The number of ether oxygens (including phenoxy) is 1. The van der Waals surface area contributed by atoms with Crippen LogP contribution >= 0.6 is 11.3 Å². The second-order valence-corrected chi connectivity index (χ2v) is 8.46. The Morgan fingerprint density at radius 1 is 1.17 bits per heavy atom. The zero-order valence-electron chi connectivity index (χ0n) is 17.5. The van der Waals surface area contributed by atoms with Crippen molar-refractivity contribution in [2.45, 2.75) is 33.8 Å². The molecule has 1 aliphatic rings. The molecule has 8 nitrogen and oxygen atoms in total. The number of anilines is 2. The van der Waals surface area contributed by atoms with E-state index in [0.29, 0.717) is 42.6 Å². The lowest BCUT2D eigenvalue weighted by molar-refractivity contribution is -0.0247. The number of amides is 1. The highest BCUT2D eigenvalue weighted by atomic mass is 32.1. The number of thiazole rings is 1. The molecule has 1 saturated heterocycles. The number of aryl methyl sites for hydroxylation is 4. The summed E-state index contributed by atoms with van der Waals surface area (Å²) in [7, 11) is 0. The Morgan fingerprint density at radius 2 is 2.00 bits per heavy atom. The number of nitrogens with one attached hydrogen (secondary N) is 1. The summed E-state index contributed by atoms with van der Waals surface area (Å²) in [5, 5.41) is 4.07. The van der Waals surface area contributed by atoms with Crippen molar-refractivity contribution in [2.24, 2.45) is 0 Å². The summed E-state index contributed by atoms with van der Waals surface area (Å²) >= 11 is 1.60. The lowest BCUT2D eigenvalue weighted by atomic mass is 10.1. The van der Waals surface area contributed by atoms with Gasteiger partial charge in [0.2, 0.25) is 0 Å². The molecule has 1 amide bonds. The lowest BCUT2D eigenvalue weighted by Gasteiger charge is -2.33. The number of pyridine rings is 1. The van der Waals surface area contributed by atoms with Crippen molar-refractivity contribution < 1.29 is 9.53 Å². The standard InChI is InChI=1S/C21H24N6O2S/c1-12-14(3)30-21(24-12)26-19-7-5-6-17(25-19)18-11-27(8-9-29-18)20(28)16-10-22-15(4)23-13(16)2/h5-7,10,18H,8-9,11H2,1-4H3,(H,24,25,26)/t18-/m0/s1. The Morgan fingerprint density at radius 3 is 2.73 bits per heavy atom. The number of carbonyl (C=O) groups excluding carboxylic acids is 1. The van der Waals surface area contributed by atoms with E-state index in [0.717, 1.165) is 16.5 Å². The van der Waals surface area contributed by atoms with Gasteiger partial charge in [-0.2, -0.15) is 0 Å². The number of nitrogens with zero attached hydrogens (tertiary/aromatic N) is 5. The Bertz CT molecular complexity index is 1060. The summed E-state index contributed by atoms with van der Waals surface area (Å²) < 4.78 is 5.93. The Balaban J connectivity index is 1.49.